The van der Waals surface area contributed by atoms with Crippen molar-refractivity contribution in [1.29, 1.82) is 0 Å². The molecule has 1 aromatic carbocycles. The highest BCUT2D eigenvalue weighted by molar-refractivity contribution is 5.94. The van der Waals surface area contributed by atoms with Crippen molar-refractivity contribution in [3.63, 3.8) is 0 Å². The Labute approximate surface area is 148 Å². The Morgan fingerprint density at radius 1 is 1.44 bits per heavy atom. The van der Waals surface area contributed by atoms with Crippen LogP contribution in [0.15, 0.2) is 35.0 Å². The van der Waals surface area contributed by atoms with E-state index in [-0.39, 0.29) is 12.5 Å². The molecule has 0 fully saturated rings. The van der Waals surface area contributed by atoms with Crippen LogP contribution in [0.2, 0.25) is 0 Å². The zero-order valence-electron chi connectivity index (χ0n) is 14.6. The number of benzene rings is 1. The molecule has 25 heavy (non-hydrogen) atoms. The number of rotatable bonds is 9. The van der Waals surface area contributed by atoms with E-state index in [1.807, 2.05) is 18.2 Å². The SMILES string of the molecule is CN=C/C(=C\N)CN(CCO)CCOc1ccc2c(c1)CCC(=O)N2. The minimum Gasteiger partial charge on any atom is -0.492 e. The minimum atomic E-state index is 0.0557. The maximum atomic E-state index is 11.4. The number of aliphatic imine (C=N–C) groups is 1. The quantitative estimate of drug-likeness (QED) is 0.574. The Bertz CT molecular complexity index is 643. The topological polar surface area (TPSA) is 100 Å². The Hall–Kier alpha value is -2.38. The fourth-order valence-corrected chi connectivity index (χ4v) is 2.71. The number of nitrogens with one attached hydrogen (secondary N) is 1. The summed E-state index contributed by atoms with van der Waals surface area (Å²) < 4.78 is 5.83. The van der Waals surface area contributed by atoms with Gasteiger partial charge in [-0.15, -0.1) is 0 Å². The third-order valence-corrected chi connectivity index (χ3v) is 3.98. The minimum absolute atomic E-state index is 0.0557. The molecule has 0 saturated heterocycles. The van der Waals surface area contributed by atoms with Gasteiger partial charge in [0.15, 0.2) is 0 Å². The second kappa shape index (κ2) is 9.80. The van der Waals surface area contributed by atoms with Crippen molar-refractivity contribution in [3.8, 4) is 5.75 Å². The Morgan fingerprint density at radius 2 is 2.28 bits per heavy atom. The number of aryl methyl sites for hydroxylation is 1. The maximum Gasteiger partial charge on any atom is 0.224 e. The summed E-state index contributed by atoms with van der Waals surface area (Å²) in [5.41, 5.74) is 8.44. The van der Waals surface area contributed by atoms with Crippen LogP contribution in [0.3, 0.4) is 0 Å². The van der Waals surface area contributed by atoms with Gasteiger partial charge < -0.3 is 20.9 Å². The summed E-state index contributed by atoms with van der Waals surface area (Å²) in [6, 6.07) is 5.70. The Balaban J connectivity index is 1.88. The molecule has 1 aliphatic rings. The molecule has 0 bridgehead atoms. The van der Waals surface area contributed by atoms with Crippen LogP contribution < -0.4 is 15.8 Å². The molecule has 1 aliphatic heterocycles. The average Bonchev–Trinajstić information content (AvgIpc) is 2.61. The summed E-state index contributed by atoms with van der Waals surface area (Å²) in [5.74, 6) is 0.837. The molecule has 7 heteroatoms. The van der Waals surface area contributed by atoms with Gasteiger partial charge in [0.2, 0.25) is 5.91 Å². The second-order valence-electron chi connectivity index (χ2n) is 5.84. The van der Waals surface area contributed by atoms with Gasteiger partial charge in [0.05, 0.1) is 6.61 Å². The van der Waals surface area contributed by atoms with E-state index in [1.165, 1.54) is 6.20 Å². The van der Waals surface area contributed by atoms with Crippen molar-refractivity contribution in [3.05, 3.63) is 35.5 Å². The van der Waals surface area contributed by atoms with Crippen LogP contribution in [-0.4, -0.2) is 62.0 Å². The molecule has 7 nitrogen and oxygen atoms in total. The average molecular weight is 346 g/mol. The van der Waals surface area contributed by atoms with E-state index in [2.05, 4.69) is 15.2 Å². The van der Waals surface area contributed by atoms with Crippen molar-refractivity contribution >= 4 is 17.8 Å². The molecule has 4 N–H and O–H groups in total. The zero-order valence-corrected chi connectivity index (χ0v) is 14.6. The van der Waals surface area contributed by atoms with Gasteiger partial charge in [-0.2, -0.15) is 0 Å². The van der Waals surface area contributed by atoms with E-state index < -0.39 is 0 Å². The lowest BCUT2D eigenvalue weighted by Gasteiger charge is -2.22. The van der Waals surface area contributed by atoms with E-state index in [9.17, 15) is 9.90 Å². The number of fused-ring (bicyclic) bond motifs is 1. The predicted molar refractivity (Wildman–Crippen MR) is 99.1 cm³/mol. The smallest absolute Gasteiger partial charge is 0.224 e. The Kier molecular flexibility index (Phi) is 7.43. The standard InChI is InChI=1S/C18H26N4O3/c1-20-12-14(11-19)13-22(6-8-23)7-9-25-16-3-4-17-15(10-16)2-5-18(24)21-17/h3-4,10-12,23H,2,5-9,13,19H2,1H3,(H,21,24)/b14-11+,20-12?. The number of anilines is 1. The first kappa shape index (κ1) is 19.0. The zero-order chi connectivity index (χ0) is 18.1. The lowest BCUT2D eigenvalue weighted by molar-refractivity contribution is -0.116. The first-order valence-electron chi connectivity index (χ1n) is 8.38. The molecule has 0 radical (unpaired) electrons. The highest BCUT2D eigenvalue weighted by Crippen LogP contribution is 2.26. The number of hydrogen-bond acceptors (Lipinski definition) is 6. The molecule has 1 heterocycles. The molecule has 0 spiro atoms. The largest absolute Gasteiger partial charge is 0.492 e. The summed E-state index contributed by atoms with van der Waals surface area (Å²) in [5, 5.41) is 12.1. The number of hydrogen-bond donors (Lipinski definition) is 3. The predicted octanol–water partition coefficient (Wildman–Crippen LogP) is 0.788. The van der Waals surface area contributed by atoms with Crippen LogP contribution in [0, 0.1) is 0 Å². The van der Waals surface area contributed by atoms with Gasteiger partial charge in [-0.05, 0) is 42.0 Å². The van der Waals surface area contributed by atoms with E-state index in [4.69, 9.17) is 10.5 Å². The van der Waals surface area contributed by atoms with Crippen LogP contribution in [-0.2, 0) is 11.2 Å². The van der Waals surface area contributed by atoms with Crippen LogP contribution in [0.1, 0.15) is 12.0 Å². The van der Waals surface area contributed by atoms with E-state index in [1.54, 1.807) is 13.3 Å². The third-order valence-electron chi connectivity index (χ3n) is 3.98. The molecule has 1 amide bonds. The summed E-state index contributed by atoms with van der Waals surface area (Å²) in [4.78, 5) is 17.4. The van der Waals surface area contributed by atoms with E-state index >= 15 is 0 Å². The molecule has 2 rings (SSSR count). The van der Waals surface area contributed by atoms with Gasteiger partial charge >= 0.3 is 0 Å². The first-order chi connectivity index (χ1) is 12.2. The highest BCUT2D eigenvalue weighted by atomic mass is 16.5. The number of carbonyl (C=O) groups excluding carboxylic acids is 1. The molecule has 0 atom stereocenters. The summed E-state index contributed by atoms with van der Waals surface area (Å²) in [6.07, 6.45) is 4.48. The first-order valence-corrected chi connectivity index (χ1v) is 8.38. The number of ether oxygens (including phenoxy) is 1. The lowest BCUT2D eigenvalue weighted by Crippen LogP contribution is -2.33. The van der Waals surface area contributed by atoms with Gasteiger partial charge in [-0.25, -0.2) is 0 Å². The number of aliphatic hydroxyl groups excluding tert-OH is 1. The van der Waals surface area contributed by atoms with Crippen molar-refractivity contribution in [2.75, 3.05) is 45.2 Å². The van der Waals surface area contributed by atoms with Gasteiger partial charge in [-0.3, -0.25) is 14.7 Å². The van der Waals surface area contributed by atoms with Crippen LogP contribution >= 0.6 is 0 Å². The van der Waals surface area contributed by atoms with Crippen LogP contribution in [0.5, 0.6) is 5.75 Å². The number of nitrogens with zero attached hydrogens (tertiary/aromatic N) is 2. The van der Waals surface area contributed by atoms with E-state index in [0.717, 1.165) is 29.0 Å². The lowest BCUT2D eigenvalue weighted by atomic mass is 10.0. The normalized spacial score (nSPS) is 14.7. The molecule has 0 saturated carbocycles. The summed E-state index contributed by atoms with van der Waals surface area (Å²) in [6.45, 7) is 2.36. The molecule has 0 aliphatic carbocycles. The summed E-state index contributed by atoms with van der Waals surface area (Å²) >= 11 is 0. The number of nitrogens with two attached hydrogens (primary N) is 1. The molecule has 136 valence electrons. The van der Waals surface area contributed by atoms with Gasteiger partial charge in [0, 0.05) is 45.0 Å². The third kappa shape index (κ3) is 5.88. The van der Waals surface area contributed by atoms with E-state index in [0.29, 0.717) is 32.7 Å². The molecular formula is C18H26N4O3. The fraction of sp³-hybridized carbons (Fsp3) is 0.444. The maximum absolute atomic E-state index is 11.4. The fourth-order valence-electron chi connectivity index (χ4n) is 2.71. The van der Waals surface area contributed by atoms with Crippen molar-refractivity contribution < 1.29 is 14.6 Å². The number of aliphatic hydroxyl groups is 1. The van der Waals surface area contributed by atoms with Crippen molar-refractivity contribution in [2.24, 2.45) is 10.7 Å². The van der Waals surface area contributed by atoms with Crippen molar-refractivity contribution in [1.82, 2.24) is 4.90 Å². The van der Waals surface area contributed by atoms with Gasteiger partial charge in [-0.1, -0.05) is 0 Å². The van der Waals surface area contributed by atoms with Crippen LogP contribution in [0.4, 0.5) is 5.69 Å². The second-order valence-corrected chi connectivity index (χ2v) is 5.84. The highest BCUT2D eigenvalue weighted by Gasteiger charge is 2.15. The van der Waals surface area contributed by atoms with Gasteiger partial charge in [0.1, 0.15) is 12.4 Å². The van der Waals surface area contributed by atoms with Crippen molar-refractivity contribution in [2.45, 2.75) is 12.8 Å². The molecular weight excluding hydrogens is 320 g/mol. The molecule has 1 aromatic rings. The van der Waals surface area contributed by atoms with Gasteiger partial charge in [0.25, 0.3) is 0 Å². The number of carbonyl (C=O) groups is 1. The molecule has 0 unspecified atom stereocenters. The number of amides is 1. The summed E-state index contributed by atoms with van der Waals surface area (Å²) in [7, 11) is 1.70. The monoisotopic (exact) mass is 346 g/mol. The molecule has 0 aromatic heterocycles. The van der Waals surface area contributed by atoms with Crippen LogP contribution in [0.25, 0.3) is 0 Å². The Morgan fingerprint density at radius 3 is 3.00 bits per heavy atom.